The van der Waals surface area contributed by atoms with Crippen LogP contribution in [-0.4, -0.2) is 47.2 Å². The summed E-state index contributed by atoms with van der Waals surface area (Å²) in [5.41, 5.74) is 8.63. The van der Waals surface area contributed by atoms with Gasteiger partial charge in [0, 0.05) is 6.54 Å². The molecule has 0 spiro atoms. The second kappa shape index (κ2) is 10.5. The second-order valence-corrected chi connectivity index (χ2v) is 8.23. The zero-order valence-corrected chi connectivity index (χ0v) is 19.2. The van der Waals surface area contributed by atoms with E-state index in [2.05, 4.69) is 15.3 Å². The molecule has 1 aliphatic rings. The number of nitrogens with two attached hydrogens (primary N) is 1. The van der Waals surface area contributed by atoms with Crippen LogP contribution in [-0.2, 0) is 11.3 Å². The number of aromatic nitrogens is 2. The number of nitrogens with zero attached hydrogens (tertiary/aromatic N) is 3. The molecule has 2 heterocycles. The number of ether oxygens (including phenoxy) is 2. The van der Waals surface area contributed by atoms with E-state index in [0.29, 0.717) is 24.3 Å². The highest BCUT2D eigenvalue weighted by Gasteiger charge is 2.27. The molecular weight excluding hydrogens is 453 g/mol. The Kier molecular flexibility index (Phi) is 7.29. The van der Waals surface area contributed by atoms with E-state index in [1.165, 1.54) is 19.2 Å². The van der Waals surface area contributed by atoms with Crippen molar-refractivity contribution in [1.29, 1.82) is 0 Å². The number of nitrogens with one attached hydrogen (secondary N) is 1. The van der Waals surface area contributed by atoms with E-state index < -0.39 is 11.7 Å². The van der Waals surface area contributed by atoms with E-state index in [1.54, 1.807) is 4.68 Å². The van der Waals surface area contributed by atoms with Gasteiger partial charge in [-0.1, -0.05) is 24.3 Å². The van der Waals surface area contributed by atoms with E-state index in [9.17, 15) is 14.3 Å². The van der Waals surface area contributed by atoms with Gasteiger partial charge in [-0.2, -0.15) is 5.10 Å². The normalized spacial score (nSPS) is 17.5. The third-order valence-corrected chi connectivity index (χ3v) is 6.02. The summed E-state index contributed by atoms with van der Waals surface area (Å²) in [5.74, 6) is -0.409. The number of hydrogen-bond donors (Lipinski definition) is 3. The first kappa shape index (κ1) is 24.2. The van der Waals surface area contributed by atoms with Crippen LogP contribution in [0.15, 0.2) is 42.5 Å². The summed E-state index contributed by atoms with van der Waals surface area (Å²) in [7, 11) is 1.42. The minimum atomic E-state index is -0.525. The molecule has 0 aliphatic carbocycles. The molecule has 0 bridgehead atoms. The highest BCUT2D eigenvalue weighted by atomic mass is 19.1. The number of methoxy groups -OCH3 is 1. The Morgan fingerprint density at radius 3 is 2.74 bits per heavy atom. The third kappa shape index (κ3) is 5.11. The lowest BCUT2D eigenvalue weighted by atomic mass is 10.1. The highest BCUT2D eigenvalue weighted by Crippen LogP contribution is 2.38. The fraction of sp³-hybridized carbons (Fsp3) is 0.320. The van der Waals surface area contributed by atoms with Gasteiger partial charge in [0.25, 0.3) is 11.6 Å². The molecule has 10 heteroatoms. The van der Waals surface area contributed by atoms with Gasteiger partial charge in [-0.3, -0.25) is 9.48 Å². The van der Waals surface area contributed by atoms with Crippen LogP contribution in [0.1, 0.15) is 34.8 Å². The number of anilines is 1. The predicted octanol–water partition coefficient (Wildman–Crippen LogP) is 3.47. The van der Waals surface area contributed by atoms with E-state index >= 15 is 0 Å². The Balaban J connectivity index is 1.48. The SMILES string of the molecule is [C-]#[N+]c1c(-c2ccc(CNC(=O)c3cc(F)ccc3OC)cc2)nn(C2CCC(CO)OC2)c1N. The van der Waals surface area contributed by atoms with E-state index in [-0.39, 0.29) is 48.1 Å². The fourth-order valence-electron chi connectivity index (χ4n) is 4.07. The topological polar surface area (TPSA) is 116 Å². The van der Waals surface area contributed by atoms with Gasteiger partial charge in [0.1, 0.15) is 23.1 Å². The van der Waals surface area contributed by atoms with Gasteiger partial charge >= 0.3 is 0 Å². The Morgan fingerprint density at radius 2 is 2.11 bits per heavy atom. The summed E-state index contributed by atoms with van der Waals surface area (Å²) in [6.07, 6.45) is 1.24. The number of amides is 1. The summed E-state index contributed by atoms with van der Waals surface area (Å²) < 4.78 is 26.0. The first-order valence-corrected chi connectivity index (χ1v) is 11.1. The van der Waals surface area contributed by atoms with E-state index in [0.717, 1.165) is 18.1 Å². The standard InChI is InChI=1S/C25H26FN5O4/c1-28-23-22(30-31(24(23)27)18-8-9-19(13-32)35-14-18)16-5-3-15(4-6-16)12-29-25(33)20-11-17(26)7-10-21(20)34-2/h3-7,10-11,18-19,32H,8-9,12-14,27H2,2H3,(H,29,33). The van der Waals surface area contributed by atoms with Crippen LogP contribution in [0.25, 0.3) is 16.1 Å². The van der Waals surface area contributed by atoms with Crippen LogP contribution >= 0.6 is 0 Å². The lowest BCUT2D eigenvalue weighted by molar-refractivity contribution is -0.0406. The lowest BCUT2D eigenvalue weighted by Gasteiger charge is -2.28. The zero-order valence-electron chi connectivity index (χ0n) is 19.2. The average molecular weight is 480 g/mol. The van der Waals surface area contributed by atoms with Crippen molar-refractivity contribution in [1.82, 2.24) is 15.1 Å². The van der Waals surface area contributed by atoms with Crippen molar-refractivity contribution in [2.24, 2.45) is 0 Å². The van der Waals surface area contributed by atoms with Gasteiger partial charge in [-0.15, -0.1) is 0 Å². The molecule has 9 nitrogen and oxygen atoms in total. The molecule has 3 aromatic rings. The van der Waals surface area contributed by atoms with Crippen LogP contribution in [0.5, 0.6) is 5.75 Å². The highest BCUT2D eigenvalue weighted by molar-refractivity contribution is 5.96. The smallest absolute Gasteiger partial charge is 0.255 e. The van der Waals surface area contributed by atoms with E-state index in [4.69, 9.17) is 21.8 Å². The van der Waals surface area contributed by atoms with Crippen molar-refractivity contribution >= 4 is 17.4 Å². The van der Waals surface area contributed by atoms with Crippen LogP contribution in [0.4, 0.5) is 15.9 Å². The molecule has 2 unspecified atom stereocenters. The number of rotatable bonds is 7. The van der Waals surface area contributed by atoms with Crippen molar-refractivity contribution < 1.29 is 23.8 Å². The Bertz CT molecular complexity index is 1240. The molecule has 0 saturated carbocycles. The number of halogens is 1. The molecule has 1 saturated heterocycles. The van der Waals surface area contributed by atoms with Crippen molar-refractivity contribution in [2.75, 3.05) is 26.1 Å². The Hall–Kier alpha value is -3.94. The maximum absolute atomic E-state index is 13.6. The van der Waals surface area contributed by atoms with Gasteiger partial charge in [0.05, 0.1) is 44.6 Å². The molecule has 2 aromatic carbocycles. The zero-order chi connectivity index (χ0) is 24.9. The van der Waals surface area contributed by atoms with Gasteiger partial charge in [-0.25, -0.2) is 9.24 Å². The van der Waals surface area contributed by atoms with Gasteiger partial charge in [0.2, 0.25) is 0 Å². The quantitative estimate of drug-likeness (QED) is 0.447. The minimum Gasteiger partial charge on any atom is -0.496 e. The molecule has 4 rings (SSSR count). The number of carbonyl (C=O) groups is 1. The van der Waals surface area contributed by atoms with Crippen molar-refractivity contribution in [3.05, 3.63) is 70.8 Å². The largest absolute Gasteiger partial charge is 0.496 e. The Morgan fingerprint density at radius 1 is 1.34 bits per heavy atom. The molecule has 1 fully saturated rings. The number of benzene rings is 2. The number of aliphatic hydroxyl groups excluding tert-OH is 1. The summed E-state index contributed by atoms with van der Waals surface area (Å²) in [5, 5.41) is 16.6. The van der Waals surface area contributed by atoms with Crippen LogP contribution in [0, 0.1) is 12.4 Å². The molecule has 35 heavy (non-hydrogen) atoms. The monoisotopic (exact) mass is 479 g/mol. The summed E-state index contributed by atoms with van der Waals surface area (Å²) in [6, 6.07) is 10.9. The molecular formula is C25H26FN5O4. The van der Waals surface area contributed by atoms with Crippen molar-refractivity contribution in [2.45, 2.75) is 31.5 Å². The van der Waals surface area contributed by atoms with Crippen LogP contribution in [0.2, 0.25) is 0 Å². The number of hydrogen-bond acceptors (Lipinski definition) is 6. The molecule has 2 atom stereocenters. The number of aliphatic hydroxyl groups is 1. The van der Waals surface area contributed by atoms with Crippen molar-refractivity contribution in [3.8, 4) is 17.0 Å². The summed E-state index contributed by atoms with van der Waals surface area (Å²) in [6.45, 7) is 8.15. The predicted molar refractivity (Wildman–Crippen MR) is 128 cm³/mol. The molecule has 182 valence electrons. The summed E-state index contributed by atoms with van der Waals surface area (Å²) >= 11 is 0. The lowest BCUT2D eigenvalue weighted by Crippen LogP contribution is -2.31. The molecule has 0 radical (unpaired) electrons. The van der Waals surface area contributed by atoms with Gasteiger partial charge in [-0.05, 0) is 42.2 Å². The van der Waals surface area contributed by atoms with Gasteiger partial charge in [0.15, 0.2) is 0 Å². The Labute approximate surface area is 202 Å². The maximum Gasteiger partial charge on any atom is 0.255 e. The summed E-state index contributed by atoms with van der Waals surface area (Å²) in [4.78, 5) is 16.1. The maximum atomic E-state index is 13.6. The average Bonchev–Trinajstić information content (AvgIpc) is 3.23. The fourth-order valence-corrected chi connectivity index (χ4v) is 4.07. The molecule has 1 aliphatic heterocycles. The van der Waals surface area contributed by atoms with Crippen LogP contribution in [0.3, 0.4) is 0 Å². The first-order chi connectivity index (χ1) is 16.9. The van der Waals surface area contributed by atoms with E-state index in [1.807, 2.05) is 24.3 Å². The number of nitrogen functional groups attached to an aromatic ring is 1. The molecule has 1 amide bonds. The van der Waals surface area contributed by atoms with Crippen molar-refractivity contribution in [3.63, 3.8) is 0 Å². The third-order valence-electron chi connectivity index (χ3n) is 6.02. The minimum absolute atomic E-state index is 0.0254. The van der Waals surface area contributed by atoms with Gasteiger partial charge < -0.3 is 25.6 Å². The second-order valence-electron chi connectivity index (χ2n) is 8.23. The molecule has 4 N–H and O–H groups in total. The first-order valence-electron chi connectivity index (χ1n) is 11.1. The number of carbonyl (C=O) groups excluding carboxylic acids is 1. The molecule has 1 aromatic heterocycles. The van der Waals surface area contributed by atoms with Crippen LogP contribution < -0.4 is 15.8 Å².